The molecular formula is C18H28N4O3. The molecule has 1 aliphatic heterocycles. The van der Waals surface area contributed by atoms with Crippen molar-refractivity contribution in [1.82, 2.24) is 15.5 Å². The zero-order chi connectivity index (χ0) is 17.4. The van der Waals surface area contributed by atoms with Gasteiger partial charge in [0.15, 0.2) is 0 Å². The van der Waals surface area contributed by atoms with Crippen LogP contribution in [0.1, 0.15) is 45.4 Å². The third-order valence-corrected chi connectivity index (χ3v) is 5.79. The average Bonchev–Trinajstić information content (AvgIpc) is 3.13. The van der Waals surface area contributed by atoms with Gasteiger partial charge in [-0.05, 0) is 48.6 Å². The Bertz CT molecular complexity index is 615. The first-order chi connectivity index (χ1) is 12.1. The maximum Gasteiger partial charge on any atom is 0.266 e. The van der Waals surface area contributed by atoms with Gasteiger partial charge in [0.1, 0.15) is 0 Å². The molecule has 2 heterocycles. The average molecular weight is 348 g/mol. The zero-order valence-electron chi connectivity index (χ0n) is 15.1. The fourth-order valence-corrected chi connectivity index (χ4v) is 4.24. The largest absolute Gasteiger partial charge is 0.376 e. The van der Waals surface area contributed by atoms with E-state index in [1.54, 1.807) is 6.92 Å². The molecule has 7 heteroatoms. The summed E-state index contributed by atoms with van der Waals surface area (Å²) in [4.78, 5) is 18.3. The molecule has 1 aromatic rings. The van der Waals surface area contributed by atoms with Crippen LogP contribution in [0.2, 0.25) is 0 Å². The fourth-order valence-electron chi connectivity index (χ4n) is 4.24. The second-order valence-electron chi connectivity index (χ2n) is 7.86. The lowest BCUT2D eigenvalue weighted by molar-refractivity contribution is -0.122. The summed E-state index contributed by atoms with van der Waals surface area (Å²) in [5.41, 5.74) is 0. The van der Waals surface area contributed by atoms with Crippen LogP contribution >= 0.6 is 0 Å². The predicted molar refractivity (Wildman–Crippen MR) is 92.2 cm³/mol. The Hall–Kier alpha value is -1.63. The van der Waals surface area contributed by atoms with Crippen LogP contribution in [0.25, 0.3) is 0 Å². The van der Waals surface area contributed by atoms with Gasteiger partial charge >= 0.3 is 0 Å². The number of ether oxygens (including phenoxy) is 1. The molecule has 0 unspecified atom stereocenters. The van der Waals surface area contributed by atoms with Crippen molar-refractivity contribution in [3.63, 3.8) is 0 Å². The number of rotatable bonds is 6. The molecule has 2 aliphatic carbocycles. The normalized spacial score (nSPS) is 31.8. The highest BCUT2D eigenvalue weighted by molar-refractivity contribution is 5.73. The van der Waals surface area contributed by atoms with Crippen LogP contribution in [0.3, 0.4) is 0 Å². The van der Waals surface area contributed by atoms with Crippen molar-refractivity contribution in [3.8, 4) is 0 Å². The Kier molecular flexibility index (Phi) is 4.67. The van der Waals surface area contributed by atoms with Crippen molar-refractivity contribution in [2.24, 2.45) is 17.8 Å². The quantitative estimate of drug-likeness (QED) is 0.844. The summed E-state index contributed by atoms with van der Waals surface area (Å²) in [5.74, 6) is 3.27. The van der Waals surface area contributed by atoms with E-state index in [2.05, 4.69) is 20.4 Å². The van der Waals surface area contributed by atoms with Gasteiger partial charge in [0.05, 0.1) is 12.1 Å². The summed E-state index contributed by atoms with van der Waals surface area (Å²) >= 11 is 0. The van der Waals surface area contributed by atoms with E-state index in [1.165, 1.54) is 12.8 Å². The van der Waals surface area contributed by atoms with Crippen molar-refractivity contribution in [2.75, 3.05) is 24.6 Å². The molecule has 1 N–H and O–H groups in total. The van der Waals surface area contributed by atoms with Gasteiger partial charge in [0.2, 0.25) is 11.8 Å². The van der Waals surface area contributed by atoms with Gasteiger partial charge in [0.25, 0.3) is 5.95 Å². The summed E-state index contributed by atoms with van der Waals surface area (Å²) in [5, 5.41) is 7.24. The van der Waals surface area contributed by atoms with E-state index in [-0.39, 0.29) is 18.1 Å². The molecule has 138 valence electrons. The third kappa shape index (κ3) is 3.81. The standard InChI is InChI=1S/C18H28N4O3/c1-3-17-20-18(21-25-17)22-8-13-6-15(19-11(2)23)16(7-14(13)9-22)24-10-12-4-5-12/h12-16H,3-10H2,1-2H3,(H,19,23)/t13-,14+,15-,16-/m1/s1. The smallest absolute Gasteiger partial charge is 0.266 e. The number of aromatic nitrogens is 2. The van der Waals surface area contributed by atoms with Gasteiger partial charge in [-0.1, -0.05) is 6.92 Å². The lowest BCUT2D eigenvalue weighted by Crippen LogP contribution is -2.50. The van der Waals surface area contributed by atoms with Crippen molar-refractivity contribution < 1.29 is 14.1 Å². The summed E-state index contributed by atoms with van der Waals surface area (Å²) in [7, 11) is 0. The van der Waals surface area contributed by atoms with E-state index in [4.69, 9.17) is 9.26 Å². The fraction of sp³-hybridized carbons (Fsp3) is 0.833. The van der Waals surface area contributed by atoms with Gasteiger partial charge in [-0.3, -0.25) is 4.79 Å². The molecule has 1 aromatic heterocycles. The lowest BCUT2D eigenvalue weighted by Gasteiger charge is -2.38. The maximum atomic E-state index is 11.6. The third-order valence-electron chi connectivity index (χ3n) is 5.79. The Labute approximate surface area is 148 Å². The molecule has 3 aliphatic rings. The summed E-state index contributed by atoms with van der Waals surface area (Å²) in [6.07, 6.45) is 5.42. The molecule has 4 rings (SSSR count). The minimum atomic E-state index is 0.0316. The van der Waals surface area contributed by atoms with Crippen molar-refractivity contribution >= 4 is 11.9 Å². The SMILES string of the molecule is CCc1nc(N2C[C@H]3C[C@@H](NC(C)=O)[C@H](OCC4CC4)C[C@H]3C2)no1. The van der Waals surface area contributed by atoms with Crippen LogP contribution in [0.5, 0.6) is 0 Å². The Morgan fingerprint density at radius 2 is 2.08 bits per heavy atom. The molecule has 4 atom stereocenters. The minimum absolute atomic E-state index is 0.0316. The van der Waals surface area contributed by atoms with Crippen LogP contribution < -0.4 is 10.2 Å². The summed E-state index contributed by atoms with van der Waals surface area (Å²) < 4.78 is 11.5. The minimum Gasteiger partial charge on any atom is -0.376 e. The molecule has 7 nitrogen and oxygen atoms in total. The van der Waals surface area contributed by atoms with Crippen molar-refractivity contribution in [2.45, 2.75) is 58.1 Å². The van der Waals surface area contributed by atoms with Gasteiger partial charge in [0, 0.05) is 33.0 Å². The second kappa shape index (κ2) is 6.94. The van der Waals surface area contributed by atoms with E-state index in [0.717, 1.165) is 44.9 Å². The van der Waals surface area contributed by atoms with Crippen LogP contribution in [-0.2, 0) is 16.0 Å². The number of anilines is 1. The van der Waals surface area contributed by atoms with Crippen LogP contribution in [0.4, 0.5) is 5.95 Å². The number of hydrogen-bond acceptors (Lipinski definition) is 6. The van der Waals surface area contributed by atoms with E-state index < -0.39 is 0 Å². The number of fused-ring (bicyclic) bond motifs is 1. The second-order valence-corrected chi connectivity index (χ2v) is 7.86. The van der Waals surface area contributed by atoms with Gasteiger partial charge in [-0.2, -0.15) is 4.98 Å². The first kappa shape index (κ1) is 16.8. The highest BCUT2D eigenvalue weighted by atomic mass is 16.5. The number of nitrogens with zero attached hydrogens (tertiary/aromatic N) is 3. The molecule has 25 heavy (non-hydrogen) atoms. The lowest BCUT2D eigenvalue weighted by atomic mass is 9.77. The summed E-state index contributed by atoms with van der Waals surface area (Å²) in [6.45, 7) is 6.33. The number of nitrogens with one attached hydrogen (secondary N) is 1. The Morgan fingerprint density at radius 3 is 2.72 bits per heavy atom. The molecule has 1 saturated heterocycles. The zero-order valence-corrected chi connectivity index (χ0v) is 15.1. The van der Waals surface area contributed by atoms with Gasteiger partial charge < -0.3 is 19.5 Å². The molecular weight excluding hydrogens is 320 g/mol. The molecule has 2 saturated carbocycles. The van der Waals surface area contributed by atoms with E-state index in [1.807, 2.05) is 6.92 Å². The number of carbonyl (C=O) groups excluding carboxylic acids is 1. The predicted octanol–water partition coefficient (Wildman–Crippen LogP) is 1.78. The first-order valence-corrected chi connectivity index (χ1v) is 9.58. The van der Waals surface area contributed by atoms with Crippen LogP contribution in [0, 0.1) is 17.8 Å². The highest BCUT2D eigenvalue weighted by Gasteiger charge is 2.44. The van der Waals surface area contributed by atoms with E-state index in [9.17, 15) is 4.79 Å². The summed E-state index contributed by atoms with van der Waals surface area (Å²) in [6, 6.07) is 0.119. The number of carbonyl (C=O) groups is 1. The molecule has 3 fully saturated rings. The Balaban J connectivity index is 1.42. The number of amides is 1. The van der Waals surface area contributed by atoms with Crippen molar-refractivity contribution in [3.05, 3.63) is 5.89 Å². The Morgan fingerprint density at radius 1 is 1.32 bits per heavy atom. The van der Waals surface area contributed by atoms with Crippen LogP contribution in [0.15, 0.2) is 4.52 Å². The highest BCUT2D eigenvalue weighted by Crippen LogP contribution is 2.39. The number of hydrogen-bond donors (Lipinski definition) is 1. The molecule has 1 amide bonds. The van der Waals surface area contributed by atoms with Gasteiger partial charge in [-0.15, -0.1) is 0 Å². The molecule has 0 spiro atoms. The number of aryl methyl sites for hydroxylation is 1. The van der Waals surface area contributed by atoms with E-state index >= 15 is 0 Å². The maximum absolute atomic E-state index is 11.6. The van der Waals surface area contributed by atoms with Crippen LogP contribution in [-0.4, -0.2) is 47.9 Å². The van der Waals surface area contributed by atoms with E-state index in [0.29, 0.717) is 23.7 Å². The molecule has 0 radical (unpaired) electrons. The topological polar surface area (TPSA) is 80.5 Å². The first-order valence-electron chi connectivity index (χ1n) is 9.58. The molecule has 0 bridgehead atoms. The van der Waals surface area contributed by atoms with Gasteiger partial charge in [-0.25, -0.2) is 0 Å². The molecule has 0 aromatic carbocycles. The monoisotopic (exact) mass is 348 g/mol. The van der Waals surface area contributed by atoms with Crippen molar-refractivity contribution in [1.29, 1.82) is 0 Å².